The first-order valence-electron chi connectivity index (χ1n) is 10.2. The van der Waals surface area contributed by atoms with Gasteiger partial charge < -0.3 is 0 Å². The van der Waals surface area contributed by atoms with Crippen molar-refractivity contribution in [2.24, 2.45) is 0 Å². The first-order valence-corrected chi connectivity index (χ1v) is 11.0. The summed E-state index contributed by atoms with van der Waals surface area (Å²) >= 11 is 3.43. The van der Waals surface area contributed by atoms with Gasteiger partial charge in [0.1, 0.15) is 0 Å². The lowest BCUT2D eigenvalue weighted by atomic mass is 9.93. The van der Waals surface area contributed by atoms with E-state index in [1.54, 1.807) is 6.08 Å². The number of ketones is 1. The zero-order valence-electron chi connectivity index (χ0n) is 16.8. The van der Waals surface area contributed by atoms with Crippen molar-refractivity contribution in [1.29, 1.82) is 0 Å². The molecule has 0 saturated heterocycles. The molecule has 0 N–H and O–H groups in total. The van der Waals surface area contributed by atoms with Crippen LogP contribution >= 0.6 is 15.9 Å². The van der Waals surface area contributed by atoms with Crippen molar-refractivity contribution in [2.75, 3.05) is 0 Å². The van der Waals surface area contributed by atoms with Gasteiger partial charge in [0.05, 0.1) is 0 Å². The molecule has 0 aliphatic rings. The second-order valence-electron chi connectivity index (χ2n) is 7.52. The van der Waals surface area contributed by atoms with Crippen LogP contribution < -0.4 is 0 Å². The summed E-state index contributed by atoms with van der Waals surface area (Å²) in [4.78, 5) is 12.6. The summed E-state index contributed by atoms with van der Waals surface area (Å²) in [5, 5.41) is 4.93. The maximum absolute atomic E-state index is 12.6. The fourth-order valence-corrected chi connectivity index (χ4v) is 4.21. The summed E-state index contributed by atoms with van der Waals surface area (Å²) in [5.41, 5.74) is 3.96. The number of allylic oxidation sites excluding steroid dienone is 1. The number of carbonyl (C=O) groups excluding carboxylic acids is 1. The highest BCUT2D eigenvalue weighted by atomic mass is 79.9. The minimum atomic E-state index is -0.00200. The average Bonchev–Trinajstić information content (AvgIpc) is 2.83. The van der Waals surface area contributed by atoms with Crippen molar-refractivity contribution in [3.05, 3.63) is 125 Å². The first-order chi connectivity index (χ1) is 15.2. The molecule has 1 nitrogen and oxygen atoms in total. The van der Waals surface area contributed by atoms with E-state index in [0.29, 0.717) is 5.56 Å². The lowest BCUT2D eigenvalue weighted by molar-refractivity contribution is 0.104. The summed E-state index contributed by atoms with van der Waals surface area (Å²) in [6.45, 7) is 0. The monoisotopic (exact) mass is 462 g/mol. The fraction of sp³-hybridized carbons (Fsp3) is 0. The standard InChI is InChI=1S/C29H19BrO/c30-24-16-9-20(10-17-24)11-18-29(31)22-14-12-21(13-15-22)28-19-23-5-1-2-6-25(23)26-7-3-4-8-27(26)28/h1-19H. The van der Waals surface area contributed by atoms with Gasteiger partial charge >= 0.3 is 0 Å². The molecular formula is C29H19BrO. The minimum absolute atomic E-state index is 0.00200. The molecule has 0 amide bonds. The second-order valence-corrected chi connectivity index (χ2v) is 8.43. The first kappa shape index (κ1) is 19.5. The molecule has 0 unspecified atom stereocenters. The molecule has 0 aliphatic heterocycles. The molecule has 0 saturated carbocycles. The van der Waals surface area contributed by atoms with Gasteiger partial charge in [-0.05, 0) is 62.5 Å². The Morgan fingerprint density at radius 3 is 2.06 bits per heavy atom. The Morgan fingerprint density at radius 2 is 1.32 bits per heavy atom. The third-order valence-electron chi connectivity index (χ3n) is 5.55. The summed E-state index contributed by atoms with van der Waals surface area (Å²) < 4.78 is 1.02. The molecule has 5 aromatic carbocycles. The van der Waals surface area contributed by atoms with Crippen LogP contribution in [0.5, 0.6) is 0 Å². The highest BCUT2D eigenvalue weighted by Crippen LogP contribution is 2.34. The van der Waals surface area contributed by atoms with Crippen LogP contribution in [0.15, 0.2) is 114 Å². The summed E-state index contributed by atoms with van der Waals surface area (Å²) in [5.74, 6) is -0.00200. The fourth-order valence-electron chi connectivity index (χ4n) is 3.95. The van der Waals surface area contributed by atoms with Crippen LogP contribution in [0.2, 0.25) is 0 Å². The Kier molecular flexibility index (Phi) is 5.23. The highest BCUT2D eigenvalue weighted by molar-refractivity contribution is 9.10. The van der Waals surface area contributed by atoms with Crippen LogP contribution in [0.4, 0.5) is 0 Å². The maximum atomic E-state index is 12.6. The summed E-state index contributed by atoms with van der Waals surface area (Å²) in [7, 11) is 0. The van der Waals surface area contributed by atoms with Gasteiger partial charge in [-0.1, -0.05) is 107 Å². The highest BCUT2D eigenvalue weighted by Gasteiger charge is 2.09. The molecule has 0 aliphatic carbocycles. The third-order valence-corrected chi connectivity index (χ3v) is 6.07. The van der Waals surface area contributed by atoms with E-state index in [-0.39, 0.29) is 5.78 Å². The lowest BCUT2D eigenvalue weighted by Gasteiger charge is -2.11. The van der Waals surface area contributed by atoms with E-state index in [1.165, 1.54) is 27.1 Å². The van der Waals surface area contributed by atoms with Crippen LogP contribution in [-0.2, 0) is 0 Å². The predicted octanol–water partition coefficient (Wildman–Crippen LogP) is 8.32. The number of fused-ring (bicyclic) bond motifs is 3. The van der Waals surface area contributed by atoms with Crippen LogP contribution in [0.1, 0.15) is 15.9 Å². The molecule has 0 aromatic heterocycles. The zero-order valence-corrected chi connectivity index (χ0v) is 18.3. The van der Waals surface area contributed by atoms with E-state index in [4.69, 9.17) is 0 Å². The van der Waals surface area contributed by atoms with Gasteiger partial charge in [0.25, 0.3) is 0 Å². The third kappa shape index (κ3) is 3.95. The Balaban J connectivity index is 1.49. The van der Waals surface area contributed by atoms with Crippen molar-refractivity contribution in [1.82, 2.24) is 0 Å². The zero-order chi connectivity index (χ0) is 21.2. The molecule has 0 radical (unpaired) electrons. The lowest BCUT2D eigenvalue weighted by Crippen LogP contribution is -1.94. The number of halogens is 1. The number of hydrogen-bond acceptors (Lipinski definition) is 1. The van der Waals surface area contributed by atoms with E-state index in [1.807, 2.05) is 54.6 Å². The van der Waals surface area contributed by atoms with Crippen LogP contribution in [0, 0.1) is 0 Å². The van der Waals surface area contributed by atoms with E-state index in [0.717, 1.165) is 15.6 Å². The number of rotatable bonds is 4. The van der Waals surface area contributed by atoms with Gasteiger partial charge in [-0.25, -0.2) is 0 Å². The normalized spacial score (nSPS) is 11.4. The number of hydrogen-bond donors (Lipinski definition) is 0. The molecular weight excluding hydrogens is 444 g/mol. The molecule has 0 bridgehead atoms. The van der Waals surface area contributed by atoms with Crippen LogP contribution in [0.3, 0.4) is 0 Å². The largest absolute Gasteiger partial charge is 0.289 e. The topological polar surface area (TPSA) is 17.1 Å². The van der Waals surface area contributed by atoms with Crippen molar-refractivity contribution < 1.29 is 4.79 Å². The van der Waals surface area contributed by atoms with Crippen molar-refractivity contribution in [2.45, 2.75) is 0 Å². The van der Waals surface area contributed by atoms with Crippen molar-refractivity contribution >= 4 is 49.3 Å². The minimum Gasteiger partial charge on any atom is -0.289 e. The molecule has 0 spiro atoms. The predicted molar refractivity (Wildman–Crippen MR) is 134 cm³/mol. The summed E-state index contributed by atoms with van der Waals surface area (Å²) in [6.07, 6.45) is 3.48. The van der Waals surface area contributed by atoms with E-state index < -0.39 is 0 Å². The van der Waals surface area contributed by atoms with Crippen molar-refractivity contribution in [3.63, 3.8) is 0 Å². The molecule has 5 aromatic rings. The van der Waals surface area contributed by atoms with Gasteiger partial charge in [-0.2, -0.15) is 0 Å². The van der Waals surface area contributed by atoms with E-state index in [2.05, 4.69) is 70.5 Å². The molecule has 148 valence electrons. The SMILES string of the molecule is O=C(C=Cc1ccc(Br)cc1)c1ccc(-c2cc3ccccc3c3ccccc23)cc1. The van der Waals surface area contributed by atoms with Gasteiger partial charge in [-0.3, -0.25) is 4.79 Å². The van der Waals surface area contributed by atoms with E-state index >= 15 is 0 Å². The number of carbonyl (C=O) groups is 1. The molecule has 0 atom stereocenters. The maximum Gasteiger partial charge on any atom is 0.185 e. The van der Waals surface area contributed by atoms with Gasteiger partial charge in [-0.15, -0.1) is 0 Å². The Morgan fingerprint density at radius 1 is 0.677 bits per heavy atom. The van der Waals surface area contributed by atoms with Crippen LogP contribution in [-0.4, -0.2) is 5.78 Å². The molecule has 0 heterocycles. The van der Waals surface area contributed by atoms with E-state index in [9.17, 15) is 4.79 Å². The quantitative estimate of drug-likeness (QED) is 0.149. The molecule has 31 heavy (non-hydrogen) atoms. The number of benzene rings is 5. The van der Waals surface area contributed by atoms with Gasteiger partial charge in [0.15, 0.2) is 5.78 Å². The Labute approximate surface area is 189 Å². The van der Waals surface area contributed by atoms with Crippen molar-refractivity contribution in [3.8, 4) is 11.1 Å². The molecule has 5 rings (SSSR count). The van der Waals surface area contributed by atoms with Crippen LogP contribution in [0.25, 0.3) is 38.7 Å². The average molecular weight is 463 g/mol. The van der Waals surface area contributed by atoms with Gasteiger partial charge in [0.2, 0.25) is 0 Å². The molecule has 2 heteroatoms. The Hall–Kier alpha value is -3.49. The molecule has 0 fully saturated rings. The van der Waals surface area contributed by atoms with Gasteiger partial charge in [0, 0.05) is 10.0 Å². The Bertz CT molecular complexity index is 1430. The second kappa shape index (κ2) is 8.33. The summed E-state index contributed by atoms with van der Waals surface area (Å²) in [6, 6.07) is 35.0. The smallest absolute Gasteiger partial charge is 0.185 e.